The molecule has 2 aromatic rings. The zero-order chi connectivity index (χ0) is 17.4. The van der Waals surface area contributed by atoms with Gasteiger partial charge in [-0.15, -0.1) is 11.3 Å². The van der Waals surface area contributed by atoms with Crippen LogP contribution in [0.15, 0.2) is 24.3 Å². The van der Waals surface area contributed by atoms with E-state index in [1.165, 1.54) is 11.3 Å². The van der Waals surface area contributed by atoms with Crippen molar-refractivity contribution in [3.05, 3.63) is 45.8 Å². The van der Waals surface area contributed by atoms with Crippen molar-refractivity contribution in [2.75, 3.05) is 12.4 Å². The van der Waals surface area contributed by atoms with E-state index in [9.17, 15) is 9.59 Å². The molecule has 1 heterocycles. The highest BCUT2D eigenvalue weighted by atomic mass is 32.1. The summed E-state index contributed by atoms with van der Waals surface area (Å²) in [5.74, 6) is 0.391. The van der Waals surface area contributed by atoms with Crippen LogP contribution < -0.4 is 15.8 Å². The summed E-state index contributed by atoms with van der Waals surface area (Å²) in [6.45, 7) is 3.76. The number of aryl methyl sites for hydroxylation is 1. The number of amides is 2. The Kier molecular flexibility index (Phi) is 4.32. The van der Waals surface area contributed by atoms with Crippen LogP contribution in [0.1, 0.15) is 38.7 Å². The number of methoxy groups -OCH3 is 1. The molecule has 2 amide bonds. The number of anilines is 1. The largest absolute Gasteiger partial charge is 0.497 e. The minimum absolute atomic E-state index is 0.0560. The van der Waals surface area contributed by atoms with Gasteiger partial charge >= 0.3 is 0 Å². The number of primary amides is 1. The van der Waals surface area contributed by atoms with Gasteiger partial charge in [0, 0.05) is 10.8 Å². The Morgan fingerprint density at radius 3 is 2.50 bits per heavy atom. The van der Waals surface area contributed by atoms with Gasteiger partial charge in [-0.3, -0.25) is 9.59 Å². The molecule has 0 radical (unpaired) electrons. The maximum absolute atomic E-state index is 12.5. The summed E-state index contributed by atoms with van der Waals surface area (Å²) in [5, 5.41) is 3.45. The molecule has 0 spiro atoms. The lowest BCUT2D eigenvalue weighted by Crippen LogP contribution is -2.18. The Hall–Kier alpha value is -2.34. The molecular weight excluding hydrogens is 324 g/mol. The molecule has 0 aliphatic heterocycles. The van der Waals surface area contributed by atoms with Crippen LogP contribution in [0.2, 0.25) is 0 Å². The predicted octanol–water partition coefficient (Wildman–Crippen LogP) is 3.21. The zero-order valence-corrected chi connectivity index (χ0v) is 14.7. The third kappa shape index (κ3) is 3.01. The Morgan fingerprint density at radius 1 is 1.25 bits per heavy atom. The number of nitrogens with two attached hydrogens (primary N) is 1. The number of nitrogens with one attached hydrogen (secondary N) is 1. The summed E-state index contributed by atoms with van der Waals surface area (Å²) in [5.41, 5.74) is 7.84. The van der Waals surface area contributed by atoms with Crippen LogP contribution in [0.4, 0.5) is 5.00 Å². The molecule has 6 heteroatoms. The van der Waals surface area contributed by atoms with Gasteiger partial charge in [-0.05, 0) is 49.4 Å². The second kappa shape index (κ2) is 6.28. The summed E-state index contributed by atoms with van der Waals surface area (Å²) in [7, 11) is 1.63. The summed E-state index contributed by atoms with van der Waals surface area (Å²) in [6, 6.07) is 7.79. The van der Waals surface area contributed by atoms with E-state index in [2.05, 4.69) is 5.32 Å². The first-order valence-electron chi connectivity index (χ1n) is 7.77. The first kappa shape index (κ1) is 16.5. The number of hydrogen-bond acceptors (Lipinski definition) is 4. The fraction of sp³-hybridized carbons (Fsp3) is 0.333. The predicted molar refractivity (Wildman–Crippen MR) is 94.8 cm³/mol. The maximum Gasteiger partial charge on any atom is 0.251 e. The summed E-state index contributed by atoms with van der Waals surface area (Å²) >= 11 is 1.40. The average Bonchev–Trinajstić information content (AvgIpc) is 3.30. The van der Waals surface area contributed by atoms with Gasteiger partial charge in [0.05, 0.1) is 12.7 Å². The van der Waals surface area contributed by atoms with Crippen molar-refractivity contribution in [1.82, 2.24) is 0 Å². The smallest absolute Gasteiger partial charge is 0.251 e. The molecule has 5 nitrogen and oxygen atoms in total. The molecule has 1 aromatic heterocycles. The normalized spacial score (nSPS) is 19.0. The summed E-state index contributed by atoms with van der Waals surface area (Å²) in [4.78, 5) is 25.1. The quantitative estimate of drug-likeness (QED) is 0.874. The standard InChI is InChI=1S/C18H20N2O3S/c1-9-10(2)24-18(15(9)16(19)21)20-17(22)14-8-13(14)11-4-6-12(23-3)7-5-11/h4-7,13-14H,8H2,1-3H3,(H2,19,21)(H,20,22). The van der Waals surface area contributed by atoms with E-state index in [1.807, 2.05) is 38.1 Å². The third-order valence-corrected chi connectivity index (χ3v) is 5.66. The Labute approximate surface area is 144 Å². The Morgan fingerprint density at radius 2 is 1.92 bits per heavy atom. The third-order valence-electron chi connectivity index (χ3n) is 4.54. The fourth-order valence-electron chi connectivity index (χ4n) is 2.92. The summed E-state index contributed by atoms with van der Waals surface area (Å²) in [6.07, 6.45) is 0.813. The number of benzene rings is 1. The molecule has 126 valence electrons. The van der Waals surface area contributed by atoms with Crippen LogP contribution >= 0.6 is 11.3 Å². The second-order valence-electron chi connectivity index (χ2n) is 6.06. The van der Waals surface area contributed by atoms with E-state index in [4.69, 9.17) is 10.5 Å². The van der Waals surface area contributed by atoms with Crippen molar-refractivity contribution in [2.24, 2.45) is 11.7 Å². The van der Waals surface area contributed by atoms with Crippen molar-refractivity contribution in [3.63, 3.8) is 0 Å². The first-order valence-corrected chi connectivity index (χ1v) is 8.58. The van der Waals surface area contributed by atoms with Gasteiger partial charge in [0.1, 0.15) is 10.8 Å². The van der Waals surface area contributed by atoms with Gasteiger partial charge in [0.25, 0.3) is 5.91 Å². The molecule has 1 aromatic carbocycles. The van der Waals surface area contributed by atoms with E-state index in [0.29, 0.717) is 10.6 Å². The van der Waals surface area contributed by atoms with Crippen molar-refractivity contribution >= 4 is 28.2 Å². The molecule has 2 unspecified atom stereocenters. The Balaban J connectivity index is 1.71. The van der Waals surface area contributed by atoms with Gasteiger partial charge in [-0.1, -0.05) is 12.1 Å². The minimum Gasteiger partial charge on any atom is -0.497 e. The lowest BCUT2D eigenvalue weighted by Gasteiger charge is -2.06. The molecule has 1 aliphatic carbocycles. The highest BCUT2D eigenvalue weighted by Gasteiger charge is 2.44. The number of carbonyl (C=O) groups is 2. The lowest BCUT2D eigenvalue weighted by atomic mass is 10.1. The molecule has 3 N–H and O–H groups in total. The lowest BCUT2D eigenvalue weighted by molar-refractivity contribution is -0.117. The topological polar surface area (TPSA) is 81.4 Å². The van der Waals surface area contributed by atoms with Gasteiger partial charge in [-0.2, -0.15) is 0 Å². The number of rotatable bonds is 5. The van der Waals surface area contributed by atoms with E-state index < -0.39 is 5.91 Å². The van der Waals surface area contributed by atoms with E-state index in [1.54, 1.807) is 7.11 Å². The number of hydrogen-bond donors (Lipinski definition) is 2. The van der Waals surface area contributed by atoms with Gasteiger partial charge in [-0.25, -0.2) is 0 Å². The molecule has 0 bridgehead atoms. The second-order valence-corrected chi connectivity index (χ2v) is 7.29. The highest BCUT2D eigenvalue weighted by Crippen LogP contribution is 2.48. The zero-order valence-electron chi connectivity index (χ0n) is 13.9. The molecule has 2 atom stereocenters. The molecular formula is C18H20N2O3S. The van der Waals surface area contributed by atoms with Crippen LogP contribution in [-0.2, 0) is 4.79 Å². The minimum atomic E-state index is -0.505. The van der Waals surface area contributed by atoms with Crippen molar-refractivity contribution in [2.45, 2.75) is 26.2 Å². The monoisotopic (exact) mass is 344 g/mol. The molecule has 0 saturated heterocycles. The number of thiophene rings is 1. The average molecular weight is 344 g/mol. The van der Waals surface area contributed by atoms with Crippen LogP contribution in [0.5, 0.6) is 5.75 Å². The summed E-state index contributed by atoms with van der Waals surface area (Å²) < 4.78 is 5.15. The first-order chi connectivity index (χ1) is 11.4. The van der Waals surface area contributed by atoms with E-state index >= 15 is 0 Å². The fourth-order valence-corrected chi connectivity index (χ4v) is 3.99. The molecule has 1 fully saturated rings. The van der Waals surface area contributed by atoms with E-state index in [-0.39, 0.29) is 17.7 Å². The van der Waals surface area contributed by atoms with Gasteiger partial charge < -0.3 is 15.8 Å². The molecule has 1 aliphatic rings. The SMILES string of the molecule is COc1ccc(C2CC2C(=O)Nc2sc(C)c(C)c2C(N)=O)cc1. The molecule has 24 heavy (non-hydrogen) atoms. The number of carbonyl (C=O) groups excluding carboxylic acids is 2. The van der Waals surface area contributed by atoms with Crippen molar-refractivity contribution in [1.29, 1.82) is 0 Å². The molecule has 1 saturated carbocycles. The van der Waals surface area contributed by atoms with Gasteiger partial charge in [0.15, 0.2) is 0 Å². The highest BCUT2D eigenvalue weighted by molar-refractivity contribution is 7.16. The maximum atomic E-state index is 12.5. The van der Waals surface area contributed by atoms with Crippen LogP contribution in [0, 0.1) is 19.8 Å². The van der Waals surface area contributed by atoms with Crippen LogP contribution in [-0.4, -0.2) is 18.9 Å². The van der Waals surface area contributed by atoms with Crippen LogP contribution in [0.25, 0.3) is 0 Å². The van der Waals surface area contributed by atoms with Crippen LogP contribution in [0.3, 0.4) is 0 Å². The van der Waals surface area contributed by atoms with Crippen molar-refractivity contribution in [3.8, 4) is 5.75 Å². The molecule has 3 rings (SSSR count). The van der Waals surface area contributed by atoms with E-state index in [0.717, 1.165) is 28.2 Å². The Bertz CT molecular complexity index is 795. The van der Waals surface area contributed by atoms with Crippen molar-refractivity contribution < 1.29 is 14.3 Å². The van der Waals surface area contributed by atoms with Gasteiger partial charge in [0.2, 0.25) is 5.91 Å². The number of ether oxygens (including phenoxy) is 1.